The molecule has 0 bridgehead atoms. The normalized spacial score (nSPS) is 11.3. The van der Waals surface area contributed by atoms with E-state index in [4.69, 9.17) is 9.47 Å². The van der Waals surface area contributed by atoms with Crippen molar-refractivity contribution in [3.8, 4) is 0 Å². The summed E-state index contributed by atoms with van der Waals surface area (Å²) in [7, 11) is 0. The van der Waals surface area contributed by atoms with E-state index in [1.54, 1.807) is 0 Å². The molecular formula is C13H23NO3. The summed E-state index contributed by atoms with van der Waals surface area (Å²) < 4.78 is 10.3. The minimum absolute atomic E-state index is 0.381. The average molecular weight is 241 g/mol. The van der Waals surface area contributed by atoms with E-state index < -0.39 is 11.7 Å². The summed E-state index contributed by atoms with van der Waals surface area (Å²) in [5.41, 5.74) is -0.474. The Kier molecular flexibility index (Phi) is 7.10. The molecule has 1 N–H and O–H groups in total. The van der Waals surface area contributed by atoms with Gasteiger partial charge >= 0.3 is 6.09 Å². The van der Waals surface area contributed by atoms with E-state index >= 15 is 0 Å². The molecule has 0 spiro atoms. The Morgan fingerprint density at radius 1 is 1.41 bits per heavy atom. The highest BCUT2D eigenvalue weighted by Gasteiger charge is 2.15. The van der Waals surface area contributed by atoms with E-state index in [-0.39, 0.29) is 0 Å². The highest BCUT2D eigenvalue weighted by Crippen LogP contribution is 2.06. The van der Waals surface area contributed by atoms with Crippen LogP contribution in [0.25, 0.3) is 0 Å². The number of carbonyl (C=O) groups is 1. The Balaban J connectivity index is 3.61. The molecule has 0 saturated carbocycles. The maximum atomic E-state index is 11.3. The third kappa shape index (κ3) is 10.8. The smallest absolute Gasteiger partial charge is 0.407 e. The second-order valence-corrected chi connectivity index (χ2v) is 4.55. The molecule has 98 valence electrons. The second kappa shape index (κ2) is 7.76. The van der Waals surface area contributed by atoms with Crippen molar-refractivity contribution in [1.82, 2.24) is 5.32 Å². The summed E-state index contributed by atoms with van der Waals surface area (Å²) in [4.78, 5) is 11.3. The molecule has 0 fully saturated rings. The molecular weight excluding hydrogens is 218 g/mol. The highest BCUT2D eigenvalue weighted by atomic mass is 16.6. The van der Waals surface area contributed by atoms with Gasteiger partial charge < -0.3 is 14.8 Å². The van der Waals surface area contributed by atoms with Crippen molar-refractivity contribution in [1.29, 1.82) is 0 Å². The van der Waals surface area contributed by atoms with Gasteiger partial charge in [-0.2, -0.15) is 0 Å². The van der Waals surface area contributed by atoms with Gasteiger partial charge in [0.2, 0.25) is 0 Å². The zero-order chi connectivity index (χ0) is 13.3. The molecule has 0 unspecified atom stereocenters. The maximum absolute atomic E-state index is 11.3. The Morgan fingerprint density at radius 2 is 2.06 bits per heavy atom. The molecule has 4 heteroatoms. The van der Waals surface area contributed by atoms with Crippen LogP contribution < -0.4 is 5.32 Å². The standard InChI is InChI=1S/C13H23NO3/c1-6-7-8-11(2)16-10-9-14-12(15)17-13(3,4)5/h7-8H,2,6,9-10H2,1,3-5H3,(H,14,15)/b8-7-. The van der Waals surface area contributed by atoms with Crippen LogP contribution in [0.4, 0.5) is 4.79 Å². The number of alkyl carbamates (subject to hydrolysis) is 1. The van der Waals surface area contributed by atoms with E-state index in [1.165, 1.54) is 0 Å². The number of rotatable bonds is 6. The molecule has 0 aliphatic heterocycles. The van der Waals surface area contributed by atoms with E-state index in [2.05, 4.69) is 11.9 Å². The first-order valence-electron chi connectivity index (χ1n) is 5.80. The van der Waals surface area contributed by atoms with Gasteiger partial charge in [0.1, 0.15) is 18.0 Å². The predicted molar refractivity (Wildman–Crippen MR) is 68.8 cm³/mol. The van der Waals surface area contributed by atoms with Gasteiger partial charge in [-0.15, -0.1) is 0 Å². The van der Waals surface area contributed by atoms with Crippen molar-refractivity contribution in [2.45, 2.75) is 39.7 Å². The first-order chi connectivity index (χ1) is 7.85. The molecule has 0 aromatic carbocycles. The lowest BCUT2D eigenvalue weighted by Gasteiger charge is -2.19. The molecule has 0 aromatic rings. The number of hydrogen-bond acceptors (Lipinski definition) is 3. The van der Waals surface area contributed by atoms with Crippen LogP contribution in [-0.2, 0) is 9.47 Å². The number of ether oxygens (including phenoxy) is 2. The van der Waals surface area contributed by atoms with Gasteiger partial charge in [-0.1, -0.05) is 19.6 Å². The van der Waals surface area contributed by atoms with Gasteiger partial charge in [0, 0.05) is 0 Å². The van der Waals surface area contributed by atoms with E-state index in [9.17, 15) is 4.79 Å². The quantitative estimate of drug-likeness (QED) is 0.442. The van der Waals surface area contributed by atoms with E-state index in [0.29, 0.717) is 18.9 Å². The van der Waals surface area contributed by atoms with Crippen molar-refractivity contribution in [3.05, 3.63) is 24.5 Å². The Hall–Kier alpha value is -1.45. The first-order valence-corrected chi connectivity index (χ1v) is 5.80. The average Bonchev–Trinajstić information content (AvgIpc) is 2.19. The minimum atomic E-state index is -0.474. The third-order valence-corrected chi connectivity index (χ3v) is 1.60. The van der Waals surface area contributed by atoms with Crippen molar-refractivity contribution in [2.24, 2.45) is 0 Å². The number of amides is 1. The predicted octanol–water partition coefficient (Wildman–Crippen LogP) is 3.01. The number of allylic oxidation sites excluding steroid dienone is 2. The van der Waals surface area contributed by atoms with E-state index in [1.807, 2.05) is 39.8 Å². The van der Waals surface area contributed by atoms with Crippen molar-refractivity contribution >= 4 is 6.09 Å². The van der Waals surface area contributed by atoms with Crippen LogP contribution in [0.1, 0.15) is 34.1 Å². The Morgan fingerprint density at radius 3 is 2.59 bits per heavy atom. The van der Waals surface area contributed by atoms with Crippen LogP contribution in [-0.4, -0.2) is 24.8 Å². The molecule has 0 atom stereocenters. The fourth-order valence-corrected chi connectivity index (χ4v) is 0.947. The Bertz CT molecular complexity index is 277. The molecule has 0 aromatic heterocycles. The summed E-state index contributed by atoms with van der Waals surface area (Å²) in [5, 5.41) is 2.60. The van der Waals surface area contributed by atoms with E-state index in [0.717, 1.165) is 6.42 Å². The van der Waals surface area contributed by atoms with Gasteiger partial charge in [0.05, 0.1) is 6.54 Å². The van der Waals surface area contributed by atoms with Crippen LogP contribution in [0.15, 0.2) is 24.5 Å². The van der Waals surface area contributed by atoms with Crippen LogP contribution in [0, 0.1) is 0 Å². The van der Waals surface area contributed by atoms with Gasteiger partial charge in [-0.3, -0.25) is 0 Å². The molecule has 0 heterocycles. The molecule has 17 heavy (non-hydrogen) atoms. The fourth-order valence-electron chi connectivity index (χ4n) is 0.947. The lowest BCUT2D eigenvalue weighted by atomic mass is 10.2. The molecule has 0 radical (unpaired) electrons. The van der Waals surface area contributed by atoms with Crippen molar-refractivity contribution in [3.63, 3.8) is 0 Å². The summed E-state index contributed by atoms with van der Waals surface area (Å²) in [6, 6.07) is 0. The van der Waals surface area contributed by atoms with Crippen LogP contribution >= 0.6 is 0 Å². The van der Waals surface area contributed by atoms with Gasteiger partial charge in [0.15, 0.2) is 0 Å². The van der Waals surface area contributed by atoms with Crippen molar-refractivity contribution in [2.75, 3.05) is 13.2 Å². The van der Waals surface area contributed by atoms with Crippen LogP contribution in [0.5, 0.6) is 0 Å². The van der Waals surface area contributed by atoms with Crippen molar-refractivity contribution < 1.29 is 14.3 Å². The fraction of sp³-hybridized carbons (Fsp3) is 0.615. The largest absolute Gasteiger partial charge is 0.492 e. The first kappa shape index (κ1) is 15.6. The van der Waals surface area contributed by atoms with Gasteiger partial charge in [0.25, 0.3) is 0 Å². The van der Waals surface area contributed by atoms with Crippen LogP contribution in [0.2, 0.25) is 0 Å². The molecule has 0 saturated heterocycles. The monoisotopic (exact) mass is 241 g/mol. The number of nitrogens with one attached hydrogen (secondary N) is 1. The van der Waals surface area contributed by atoms with Gasteiger partial charge in [-0.25, -0.2) is 4.79 Å². The number of hydrogen-bond donors (Lipinski definition) is 1. The maximum Gasteiger partial charge on any atom is 0.407 e. The highest BCUT2D eigenvalue weighted by molar-refractivity contribution is 5.67. The Labute approximate surface area is 104 Å². The van der Waals surface area contributed by atoms with Crippen LogP contribution in [0.3, 0.4) is 0 Å². The topological polar surface area (TPSA) is 47.6 Å². The third-order valence-electron chi connectivity index (χ3n) is 1.60. The molecule has 0 rings (SSSR count). The zero-order valence-corrected chi connectivity index (χ0v) is 11.2. The lowest BCUT2D eigenvalue weighted by molar-refractivity contribution is 0.0514. The summed E-state index contributed by atoms with van der Waals surface area (Å²) in [5.74, 6) is 0.595. The summed E-state index contributed by atoms with van der Waals surface area (Å²) >= 11 is 0. The zero-order valence-electron chi connectivity index (χ0n) is 11.2. The lowest BCUT2D eigenvalue weighted by Crippen LogP contribution is -2.34. The SMILES string of the molecule is C=C(/C=C\CC)OCCNC(=O)OC(C)(C)C. The summed E-state index contributed by atoms with van der Waals surface area (Å²) in [6.45, 7) is 12.0. The second-order valence-electron chi connectivity index (χ2n) is 4.55. The molecule has 1 amide bonds. The molecule has 0 aliphatic rings. The summed E-state index contributed by atoms with van der Waals surface area (Å²) in [6.07, 6.45) is 4.28. The van der Waals surface area contributed by atoms with Gasteiger partial charge in [-0.05, 0) is 33.3 Å². The number of carbonyl (C=O) groups excluding carboxylic acids is 1. The minimum Gasteiger partial charge on any atom is -0.492 e. The molecule has 4 nitrogen and oxygen atoms in total. The molecule has 0 aliphatic carbocycles.